The molecule has 0 unspecified atom stereocenters. The Hall–Kier alpha value is -1.40. The zero-order chi connectivity index (χ0) is 9.90. The first-order chi connectivity index (χ1) is 5.99. The first-order valence-corrected chi connectivity index (χ1v) is 4.73. The van der Waals surface area contributed by atoms with Crippen LogP contribution in [0.15, 0.2) is 30.3 Å². The molecule has 0 fully saturated rings. The Morgan fingerprint density at radius 3 is 2.23 bits per heavy atom. The Labute approximate surface area is 75.3 Å². The van der Waals surface area contributed by atoms with E-state index in [1.54, 1.807) is 18.2 Å². The van der Waals surface area contributed by atoms with Crippen LogP contribution in [0.4, 0.5) is 0 Å². The summed E-state index contributed by atoms with van der Waals surface area (Å²) in [6, 6.07) is 7.60. The van der Waals surface area contributed by atoms with Crippen molar-refractivity contribution in [3.63, 3.8) is 0 Å². The van der Waals surface area contributed by atoms with E-state index in [1.807, 2.05) is 0 Å². The second-order valence-electron chi connectivity index (χ2n) is 2.25. The molecule has 0 aliphatic rings. The van der Waals surface area contributed by atoms with Crippen LogP contribution in [0.1, 0.15) is 10.4 Å². The number of hydrogen-bond donors (Lipinski definition) is 1. The molecule has 5 nitrogen and oxygen atoms in total. The van der Waals surface area contributed by atoms with Crippen LogP contribution >= 0.6 is 0 Å². The molecule has 0 radical (unpaired) electrons. The van der Waals surface area contributed by atoms with E-state index in [0.29, 0.717) is 0 Å². The quantitative estimate of drug-likeness (QED) is 0.674. The van der Waals surface area contributed by atoms with Crippen LogP contribution in [0.3, 0.4) is 0 Å². The van der Waals surface area contributed by atoms with Crippen molar-refractivity contribution in [2.45, 2.75) is 0 Å². The molecule has 0 atom stereocenters. The molecule has 1 aromatic rings. The van der Waals surface area contributed by atoms with Crippen LogP contribution < -0.4 is 4.72 Å². The number of rotatable bonds is 2. The molecular weight excluding hydrogens is 194 g/mol. The summed E-state index contributed by atoms with van der Waals surface area (Å²) in [6.45, 7) is 0. The lowest BCUT2D eigenvalue weighted by molar-refractivity contribution is 0.0978. The first kappa shape index (κ1) is 9.69. The van der Waals surface area contributed by atoms with Gasteiger partial charge < -0.3 is 4.55 Å². The van der Waals surface area contributed by atoms with E-state index in [9.17, 15) is 17.8 Å². The van der Waals surface area contributed by atoms with Gasteiger partial charge in [-0.3, -0.25) is 9.52 Å². The van der Waals surface area contributed by atoms with Crippen molar-refractivity contribution < 1.29 is 17.8 Å². The van der Waals surface area contributed by atoms with Crippen LogP contribution in [0, 0.1) is 0 Å². The minimum Gasteiger partial charge on any atom is -0.731 e. The Morgan fingerprint density at radius 1 is 1.23 bits per heavy atom. The van der Waals surface area contributed by atoms with Gasteiger partial charge in [-0.05, 0) is 12.1 Å². The van der Waals surface area contributed by atoms with Gasteiger partial charge in [0.15, 0.2) is 10.3 Å². The molecule has 1 aromatic carbocycles. The molecule has 0 spiro atoms. The number of benzene rings is 1. The normalized spacial score (nSPS) is 10.8. The Bertz CT molecular complexity index is 398. The Kier molecular flexibility index (Phi) is 2.64. The van der Waals surface area contributed by atoms with Gasteiger partial charge in [-0.2, -0.15) is 0 Å². The van der Waals surface area contributed by atoms with Crippen molar-refractivity contribution in [1.29, 1.82) is 0 Å². The van der Waals surface area contributed by atoms with Gasteiger partial charge in [-0.15, -0.1) is 0 Å². The third-order valence-corrected chi connectivity index (χ3v) is 1.69. The van der Waals surface area contributed by atoms with Gasteiger partial charge in [-0.25, -0.2) is 8.42 Å². The Balaban J connectivity index is 2.82. The Morgan fingerprint density at radius 2 is 1.77 bits per heavy atom. The highest BCUT2D eigenvalue weighted by atomic mass is 32.2. The van der Waals surface area contributed by atoms with Gasteiger partial charge in [-0.1, -0.05) is 18.2 Å². The largest absolute Gasteiger partial charge is 0.731 e. The standard InChI is InChI=1S/C7H7NO4S/c9-7(8-13(10,11)12)6-4-2-1-3-5-6/h1-5H,(H,8,9)(H,10,11,12)/p-1. The molecule has 0 aromatic heterocycles. The molecular formula is C7H6NO4S-. The van der Waals surface area contributed by atoms with E-state index in [-0.39, 0.29) is 5.56 Å². The van der Waals surface area contributed by atoms with E-state index in [2.05, 4.69) is 0 Å². The lowest BCUT2D eigenvalue weighted by Gasteiger charge is -2.07. The van der Waals surface area contributed by atoms with Crippen molar-refractivity contribution in [2.24, 2.45) is 0 Å². The van der Waals surface area contributed by atoms with Gasteiger partial charge in [0.05, 0.1) is 0 Å². The minimum absolute atomic E-state index is 0.127. The lowest BCUT2D eigenvalue weighted by Crippen LogP contribution is -2.29. The zero-order valence-corrected chi connectivity index (χ0v) is 7.24. The van der Waals surface area contributed by atoms with Crippen LogP contribution in [0.2, 0.25) is 0 Å². The van der Waals surface area contributed by atoms with Crippen LogP contribution in [0.5, 0.6) is 0 Å². The van der Waals surface area contributed by atoms with E-state index >= 15 is 0 Å². The van der Waals surface area contributed by atoms with E-state index in [4.69, 9.17) is 0 Å². The summed E-state index contributed by atoms with van der Waals surface area (Å²) >= 11 is 0. The minimum atomic E-state index is -4.72. The van der Waals surface area contributed by atoms with Crippen LogP contribution in [-0.2, 0) is 10.3 Å². The molecule has 0 saturated heterocycles. The molecule has 1 amide bonds. The average Bonchev–Trinajstić information content (AvgIpc) is 2.03. The number of carbonyl (C=O) groups is 1. The number of carbonyl (C=O) groups excluding carboxylic acids is 1. The summed E-state index contributed by atoms with van der Waals surface area (Å²) in [4.78, 5) is 11.0. The van der Waals surface area contributed by atoms with Gasteiger partial charge in [0.25, 0.3) is 5.91 Å². The highest BCUT2D eigenvalue weighted by Crippen LogP contribution is 1.97. The van der Waals surface area contributed by atoms with Crippen molar-refractivity contribution >= 4 is 16.2 Å². The highest BCUT2D eigenvalue weighted by molar-refractivity contribution is 7.84. The van der Waals surface area contributed by atoms with Crippen LogP contribution in [-0.4, -0.2) is 18.9 Å². The number of amides is 1. The maximum atomic E-state index is 11.0. The summed E-state index contributed by atoms with van der Waals surface area (Å²) in [7, 11) is -4.72. The van der Waals surface area contributed by atoms with E-state index in [1.165, 1.54) is 16.9 Å². The number of nitrogens with one attached hydrogen (secondary N) is 1. The second kappa shape index (κ2) is 3.55. The fourth-order valence-corrected chi connectivity index (χ4v) is 1.11. The SMILES string of the molecule is O=C(NS(=O)(=O)[O-])c1ccccc1. The van der Waals surface area contributed by atoms with Crippen molar-refractivity contribution in [3.05, 3.63) is 35.9 Å². The summed E-state index contributed by atoms with van der Waals surface area (Å²) in [6.07, 6.45) is 0. The summed E-state index contributed by atoms with van der Waals surface area (Å²) in [5, 5.41) is 0. The third kappa shape index (κ3) is 3.22. The van der Waals surface area contributed by atoms with Gasteiger partial charge in [0, 0.05) is 5.56 Å². The summed E-state index contributed by atoms with van der Waals surface area (Å²) < 4.78 is 31.7. The monoisotopic (exact) mass is 200 g/mol. The van der Waals surface area contributed by atoms with E-state index < -0.39 is 16.2 Å². The molecule has 70 valence electrons. The van der Waals surface area contributed by atoms with Crippen molar-refractivity contribution in [3.8, 4) is 0 Å². The first-order valence-electron chi connectivity index (χ1n) is 3.32. The van der Waals surface area contributed by atoms with Gasteiger partial charge in [0.2, 0.25) is 0 Å². The van der Waals surface area contributed by atoms with Gasteiger partial charge in [0.1, 0.15) is 0 Å². The topological polar surface area (TPSA) is 86.3 Å². The second-order valence-corrected chi connectivity index (χ2v) is 3.36. The number of hydrogen-bond acceptors (Lipinski definition) is 4. The predicted octanol–water partition coefficient (Wildman–Crippen LogP) is -0.123. The van der Waals surface area contributed by atoms with Crippen LogP contribution in [0.25, 0.3) is 0 Å². The van der Waals surface area contributed by atoms with Crippen molar-refractivity contribution in [2.75, 3.05) is 0 Å². The highest BCUT2D eigenvalue weighted by Gasteiger charge is 2.05. The zero-order valence-electron chi connectivity index (χ0n) is 6.43. The maximum absolute atomic E-state index is 11.0. The molecule has 0 bridgehead atoms. The molecule has 1 N–H and O–H groups in total. The predicted molar refractivity (Wildman–Crippen MR) is 43.6 cm³/mol. The summed E-state index contributed by atoms with van der Waals surface area (Å²) in [5.41, 5.74) is 0.127. The molecule has 6 heteroatoms. The lowest BCUT2D eigenvalue weighted by atomic mass is 10.2. The van der Waals surface area contributed by atoms with Gasteiger partial charge >= 0.3 is 0 Å². The molecule has 0 aliphatic heterocycles. The maximum Gasteiger partial charge on any atom is 0.263 e. The smallest absolute Gasteiger partial charge is 0.263 e. The molecule has 13 heavy (non-hydrogen) atoms. The average molecular weight is 200 g/mol. The molecule has 1 rings (SSSR count). The molecule has 0 heterocycles. The van der Waals surface area contributed by atoms with E-state index in [0.717, 1.165) is 0 Å². The summed E-state index contributed by atoms with van der Waals surface area (Å²) in [5.74, 6) is -0.921. The molecule has 0 saturated carbocycles. The molecule has 0 aliphatic carbocycles. The third-order valence-electron chi connectivity index (χ3n) is 1.25. The fourth-order valence-electron chi connectivity index (χ4n) is 0.762. The fraction of sp³-hybridized carbons (Fsp3) is 0. The van der Waals surface area contributed by atoms with Crippen molar-refractivity contribution in [1.82, 2.24) is 4.72 Å².